The Labute approximate surface area is 103 Å². The highest BCUT2D eigenvalue weighted by Crippen LogP contribution is 2.14. The Balaban J connectivity index is 2.13. The van der Waals surface area contributed by atoms with Crippen molar-refractivity contribution < 1.29 is 4.79 Å². The molecule has 0 unspecified atom stereocenters. The van der Waals surface area contributed by atoms with E-state index < -0.39 is 0 Å². The number of nitrogens with one attached hydrogen (secondary N) is 1. The molecule has 1 N–H and O–H groups in total. The largest absolute Gasteiger partial charge is 0.349 e. The molecule has 92 valence electrons. The Morgan fingerprint density at radius 2 is 2.35 bits per heavy atom. The fraction of sp³-hybridized carbons (Fsp3) is 0.500. The number of carbonyl (C=O) groups is 1. The number of aryl methyl sites for hydroxylation is 1. The third kappa shape index (κ3) is 2.45. The van der Waals surface area contributed by atoms with Gasteiger partial charge in [0.15, 0.2) is 5.69 Å². The fourth-order valence-corrected chi connectivity index (χ4v) is 2.19. The summed E-state index contributed by atoms with van der Waals surface area (Å²) in [5.41, 5.74) is 2.92. The number of hydrogen-bond acceptors (Lipinski definition) is 5. The molecule has 1 amide bonds. The van der Waals surface area contributed by atoms with Crippen LogP contribution in [0.4, 0.5) is 0 Å². The van der Waals surface area contributed by atoms with E-state index in [2.05, 4.69) is 15.4 Å². The van der Waals surface area contributed by atoms with Crippen LogP contribution in [0.25, 0.3) is 4.96 Å². The molecule has 2 aromatic rings. The third-order valence-electron chi connectivity index (χ3n) is 2.38. The highest BCUT2D eigenvalue weighted by atomic mass is 32.1. The first kappa shape index (κ1) is 12.0. The second-order valence-corrected chi connectivity index (χ2v) is 4.85. The zero-order valence-electron chi connectivity index (χ0n) is 10.1. The van der Waals surface area contributed by atoms with Gasteiger partial charge in [0.05, 0.1) is 5.69 Å². The second-order valence-electron chi connectivity index (χ2n) is 4.04. The van der Waals surface area contributed by atoms with Crippen LogP contribution in [0.3, 0.4) is 0 Å². The summed E-state index contributed by atoms with van der Waals surface area (Å²) in [6.07, 6.45) is 0. The van der Waals surface area contributed by atoms with Crippen LogP contribution in [0, 0.1) is 6.92 Å². The van der Waals surface area contributed by atoms with E-state index in [1.165, 1.54) is 11.3 Å². The van der Waals surface area contributed by atoms with Gasteiger partial charge in [0, 0.05) is 13.1 Å². The van der Waals surface area contributed by atoms with Gasteiger partial charge in [-0.3, -0.25) is 4.79 Å². The molecule has 0 saturated carbocycles. The van der Waals surface area contributed by atoms with Gasteiger partial charge >= 0.3 is 0 Å². The number of nitrogens with zero attached hydrogens (tertiary/aromatic N) is 4. The van der Waals surface area contributed by atoms with E-state index in [1.54, 1.807) is 10.0 Å². The summed E-state index contributed by atoms with van der Waals surface area (Å²) in [5.74, 6) is -0.122. The summed E-state index contributed by atoms with van der Waals surface area (Å²) in [6, 6.07) is 0. The van der Waals surface area contributed by atoms with Gasteiger partial charge in [0.1, 0.15) is 5.51 Å². The van der Waals surface area contributed by atoms with Crippen molar-refractivity contribution in [2.75, 3.05) is 27.2 Å². The van der Waals surface area contributed by atoms with E-state index in [-0.39, 0.29) is 5.91 Å². The van der Waals surface area contributed by atoms with E-state index in [0.29, 0.717) is 17.9 Å². The van der Waals surface area contributed by atoms with E-state index in [9.17, 15) is 4.79 Å². The number of carbonyl (C=O) groups excluding carboxylic acids is 1. The van der Waals surface area contributed by atoms with Gasteiger partial charge in [-0.15, -0.1) is 0 Å². The molecular weight excluding hydrogens is 238 g/mol. The van der Waals surface area contributed by atoms with E-state index in [0.717, 1.165) is 11.5 Å². The van der Waals surface area contributed by atoms with Crippen LogP contribution in [0.1, 0.15) is 16.2 Å². The van der Waals surface area contributed by atoms with Crippen LogP contribution >= 0.6 is 11.3 Å². The summed E-state index contributed by atoms with van der Waals surface area (Å²) in [7, 11) is 3.93. The summed E-state index contributed by atoms with van der Waals surface area (Å²) in [5, 5.41) is 6.97. The molecule has 0 aliphatic heterocycles. The zero-order chi connectivity index (χ0) is 12.4. The average Bonchev–Trinajstić information content (AvgIpc) is 2.75. The monoisotopic (exact) mass is 253 g/mol. The van der Waals surface area contributed by atoms with Gasteiger partial charge in [-0.1, -0.05) is 11.3 Å². The van der Waals surface area contributed by atoms with Crippen molar-refractivity contribution in [2.24, 2.45) is 0 Å². The first-order chi connectivity index (χ1) is 8.09. The van der Waals surface area contributed by atoms with Crippen molar-refractivity contribution in [1.29, 1.82) is 0 Å². The number of amides is 1. The number of likely N-dealkylation sites (N-methyl/N-ethyl adjacent to an activating group) is 1. The van der Waals surface area contributed by atoms with Crippen LogP contribution in [0.5, 0.6) is 0 Å². The van der Waals surface area contributed by atoms with Crippen molar-refractivity contribution in [3.8, 4) is 0 Å². The van der Waals surface area contributed by atoms with E-state index in [4.69, 9.17) is 0 Å². The Kier molecular flexibility index (Phi) is 3.39. The molecule has 2 heterocycles. The molecule has 0 radical (unpaired) electrons. The topological polar surface area (TPSA) is 62.5 Å². The van der Waals surface area contributed by atoms with Crippen molar-refractivity contribution in [3.63, 3.8) is 0 Å². The van der Waals surface area contributed by atoms with Crippen LogP contribution in [0.2, 0.25) is 0 Å². The molecule has 2 rings (SSSR count). The quantitative estimate of drug-likeness (QED) is 0.856. The van der Waals surface area contributed by atoms with Gasteiger partial charge < -0.3 is 10.2 Å². The summed E-state index contributed by atoms with van der Waals surface area (Å²) < 4.78 is 1.59. The van der Waals surface area contributed by atoms with Crippen molar-refractivity contribution in [3.05, 3.63) is 16.9 Å². The Morgan fingerprint density at radius 1 is 1.59 bits per heavy atom. The summed E-state index contributed by atoms with van der Waals surface area (Å²) >= 11 is 1.42. The standard InChI is InChI=1S/C10H15N5OS/c1-7-8(9(16)11-4-5-14(2)3)15-10(13-7)17-6-12-15/h6H,4-5H2,1-3H3,(H,11,16). The highest BCUT2D eigenvalue weighted by molar-refractivity contribution is 7.14. The molecule has 6 nitrogen and oxygen atoms in total. The SMILES string of the molecule is Cc1nc2scnn2c1C(=O)NCCN(C)C. The lowest BCUT2D eigenvalue weighted by atomic mass is 10.3. The van der Waals surface area contributed by atoms with Gasteiger partial charge in [0.2, 0.25) is 4.96 Å². The zero-order valence-corrected chi connectivity index (χ0v) is 10.9. The molecule has 0 atom stereocenters. The number of hydrogen-bond donors (Lipinski definition) is 1. The minimum atomic E-state index is -0.122. The van der Waals surface area contributed by atoms with Crippen molar-refractivity contribution >= 4 is 22.2 Å². The van der Waals surface area contributed by atoms with Crippen LogP contribution < -0.4 is 5.32 Å². The van der Waals surface area contributed by atoms with Crippen molar-refractivity contribution in [2.45, 2.75) is 6.92 Å². The highest BCUT2D eigenvalue weighted by Gasteiger charge is 2.17. The van der Waals surface area contributed by atoms with Crippen LogP contribution in [0.15, 0.2) is 5.51 Å². The number of imidazole rings is 1. The van der Waals surface area contributed by atoms with Gasteiger partial charge in [0.25, 0.3) is 5.91 Å². The molecule has 0 aliphatic rings. The summed E-state index contributed by atoms with van der Waals surface area (Å²) in [6.45, 7) is 3.24. The molecule has 0 spiro atoms. The maximum Gasteiger partial charge on any atom is 0.271 e. The number of rotatable bonds is 4. The lowest BCUT2D eigenvalue weighted by molar-refractivity contribution is 0.0943. The third-order valence-corrected chi connectivity index (χ3v) is 3.05. The normalized spacial score (nSPS) is 11.3. The maximum absolute atomic E-state index is 12.0. The molecular formula is C10H15N5OS. The van der Waals surface area contributed by atoms with E-state index >= 15 is 0 Å². The van der Waals surface area contributed by atoms with E-state index in [1.807, 2.05) is 25.9 Å². The molecule has 0 fully saturated rings. The Hall–Kier alpha value is -1.47. The number of aromatic nitrogens is 3. The molecule has 7 heteroatoms. The predicted molar refractivity (Wildman–Crippen MR) is 66.5 cm³/mol. The lowest BCUT2D eigenvalue weighted by Crippen LogP contribution is -2.32. The predicted octanol–water partition coefficient (Wildman–Crippen LogP) is 0.391. The first-order valence-electron chi connectivity index (χ1n) is 5.31. The van der Waals surface area contributed by atoms with Crippen molar-refractivity contribution in [1.82, 2.24) is 24.8 Å². The minimum Gasteiger partial charge on any atom is -0.349 e. The molecule has 0 aliphatic carbocycles. The first-order valence-corrected chi connectivity index (χ1v) is 6.19. The smallest absolute Gasteiger partial charge is 0.271 e. The average molecular weight is 253 g/mol. The van der Waals surface area contributed by atoms with Crippen LogP contribution in [-0.4, -0.2) is 52.6 Å². The maximum atomic E-state index is 12.0. The molecule has 0 saturated heterocycles. The molecule has 0 bridgehead atoms. The lowest BCUT2D eigenvalue weighted by Gasteiger charge is -2.10. The Morgan fingerprint density at radius 3 is 3.06 bits per heavy atom. The minimum absolute atomic E-state index is 0.122. The molecule has 17 heavy (non-hydrogen) atoms. The van der Waals surface area contributed by atoms with Gasteiger partial charge in [-0.2, -0.15) is 9.61 Å². The van der Waals surface area contributed by atoms with Gasteiger partial charge in [-0.25, -0.2) is 4.98 Å². The van der Waals surface area contributed by atoms with Crippen LogP contribution in [-0.2, 0) is 0 Å². The molecule has 2 aromatic heterocycles. The Bertz CT molecular complexity index is 530. The molecule has 0 aromatic carbocycles. The summed E-state index contributed by atoms with van der Waals surface area (Å²) in [4.78, 5) is 19.0. The second kappa shape index (κ2) is 4.80. The van der Waals surface area contributed by atoms with Gasteiger partial charge in [-0.05, 0) is 21.0 Å². The number of fused-ring (bicyclic) bond motifs is 1. The fourth-order valence-electron chi connectivity index (χ4n) is 1.53.